The summed E-state index contributed by atoms with van der Waals surface area (Å²) in [6.45, 7) is 10.2. The summed E-state index contributed by atoms with van der Waals surface area (Å²) in [5.74, 6) is -4.47. The first kappa shape index (κ1) is 49.7. The van der Waals surface area contributed by atoms with Crippen LogP contribution >= 0.6 is 0 Å². The van der Waals surface area contributed by atoms with Crippen molar-refractivity contribution in [2.24, 2.45) is 0 Å². The maximum absolute atomic E-state index is 12.8. The number of hydrogen-bond donors (Lipinski definition) is 1. The number of rotatable bonds is 12. The molecule has 1 N–H and O–H groups in total. The molecular weight excluding hydrogens is 919 g/mol. The molecule has 67 heavy (non-hydrogen) atoms. The average Bonchev–Trinajstić information content (AvgIpc) is 4.03. The third kappa shape index (κ3) is 14.0. The zero-order chi connectivity index (χ0) is 48.4. The highest BCUT2D eigenvalue weighted by Crippen LogP contribution is 2.33. The fourth-order valence-electron chi connectivity index (χ4n) is 9.06. The fraction of sp³-hybridized carbons (Fsp3) is 0.408. The number of likely N-dealkylation sites (tertiary alicyclic amines) is 2. The lowest BCUT2D eigenvalue weighted by Gasteiger charge is -2.19. The number of hydrogen-bond acceptors (Lipinski definition) is 8. The van der Waals surface area contributed by atoms with Crippen LogP contribution in [0.1, 0.15) is 78.8 Å². The van der Waals surface area contributed by atoms with E-state index in [2.05, 4.69) is 20.9 Å². The van der Waals surface area contributed by atoms with E-state index in [0.717, 1.165) is 72.1 Å². The Balaban J connectivity index is 0.000000203. The maximum Gasteiger partial charge on any atom is 0.419 e. The monoisotopic (exact) mass is 972 g/mol. The quantitative estimate of drug-likeness (QED) is 0.120. The summed E-state index contributed by atoms with van der Waals surface area (Å²) in [7, 11) is -8.53. The first-order valence-electron chi connectivity index (χ1n) is 21.9. The summed E-state index contributed by atoms with van der Waals surface area (Å²) in [5, 5.41) is 2.17. The van der Waals surface area contributed by atoms with Crippen molar-refractivity contribution in [2.45, 2.75) is 88.0 Å². The van der Waals surface area contributed by atoms with Crippen LogP contribution in [0.5, 0.6) is 0 Å². The lowest BCUT2D eigenvalue weighted by Crippen LogP contribution is -2.26. The Morgan fingerprint density at radius 3 is 1.67 bits per heavy atom. The normalized spacial score (nSPS) is 17.8. The standard InChI is InChI=1S/C27H31F3N2O4S.C22H23F3N2O2S/c1-26(2,3)36-25(33)32-16-22(23-9-4-5-10-24(23)32)15-31-12-11-21(14-31)20-8-6-7-19(13-20)17-37(34,35)18-27(28,29)30;23-22(24,25)15-30(28,29)14-16-4-3-5-17(10-16)18-8-9-27(12-18)13-19-11-26-21-7-2-1-6-20(19)21/h4-10,13,16,21H,11-12,14-15,17-18H2,1-3H3;1-7,10-11,18,26H,8-9,12-15H2. The molecule has 0 saturated carbocycles. The second kappa shape index (κ2) is 19.8. The number of sulfone groups is 2. The summed E-state index contributed by atoms with van der Waals surface area (Å²) in [4.78, 5) is 20.7. The van der Waals surface area contributed by atoms with Gasteiger partial charge < -0.3 is 9.72 Å². The summed E-state index contributed by atoms with van der Waals surface area (Å²) in [6, 6.07) is 29.7. The third-order valence-corrected chi connectivity index (χ3v) is 14.9. The van der Waals surface area contributed by atoms with Crippen LogP contribution < -0.4 is 0 Å². The number of alkyl halides is 6. The SMILES string of the molecule is CC(C)(C)OC(=O)n1cc(CN2CCC(c3cccc(CS(=O)(=O)CC(F)(F)F)c3)C2)c2ccccc21.O=S(=O)(Cc1cccc(C2CCN(Cc3c[nH]c4ccccc34)C2)c1)CC(F)(F)F. The number of carbonyl (C=O) groups is 1. The largest absolute Gasteiger partial charge is 0.443 e. The molecule has 4 aromatic carbocycles. The minimum Gasteiger partial charge on any atom is -0.443 e. The van der Waals surface area contributed by atoms with Crippen LogP contribution in [0.25, 0.3) is 21.8 Å². The molecule has 2 saturated heterocycles. The first-order chi connectivity index (χ1) is 31.4. The Morgan fingerprint density at radius 1 is 0.657 bits per heavy atom. The molecule has 2 fully saturated rings. The van der Waals surface area contributed by atoms with Crippen LogP contribution in [-0.4, -0.2) is 97.9 Å². The molecular formula is C49H54F6N4O6S2. The summed E-state index contributed by atoms with van der Waals surface area (Å²) >= 11 is 0. The van der Waals surface area contributed by atoms with Crippen molar-refractivity contribution in [2.75, 3.05) is 37.7 Å². The lowest BCUT2D eigenvalue weighted by molar-refractivity contribution is -0.107. The van der Waals surface area contributed by atoms with Crippen molar-refractivity contribution in [1.82, 2.24) is 19.4 Å². The number of nitrogens with zero attached hydrogens (tertiary/aromatic N) is 3. The Morgan fingerprint density at radius 2 is 1.15 bits per heavy atom. The molecule has 2 aliphatic heterocycles. The molecule has 4 heterocycles. The number of nitrogens with one attached hydrogen (secondary N) is 1. The Labute approximate surface area is 386 Å². The molecule has 0 aliphatic carbocycles. The zero-order valence-electron chi connectivity index (χ0n) is 37.4. The molecule has 2 aliphatic rings. The van der Waals surface area contributed by atoms with Gasteiger partial charge in [0.15, 0.2) is 19.7 Å². The van der Waals surface area contributed by atoms with Crippen molar-refractivity contribution in [3.05, 3.63) is 143 Å². The Hall–Kier alpha value is -5.17. The molecule has 2 aromatic heterocycles. The second-order valence-electron chi connectivity index (χ2n) is 18.6. The predicted molar refractivity (Wildman–Crippen MR) is 247 cm³/mol. The molecule has 0 amide bonds. The van der Waals surface area contributed by atoms with Gasteiger partial charge in [-0.2, -0.15) is 26.3 Å². The van der Waals surface area contributed by atoms with Gasteiger partial charge in [-0.25, -0.2) is 21.6 Å². The van der Waals surface area contributed by atoms with Crippen molar-refractivity contribution in [3.63, 3.8) is 0 Å². The highest BCUT2D eigenvalue weighted by atomic mass is 32.2. The van der Waals surface area contributed by atoms with E-state index in [4.69, 9.17) is 4.74 Å². The van der Waals surface area contributed by atoms with E-state index in [-0.39, 0.29) is 11.8 Å². The van der Waals surface area contributed by atoms with Crippen LogP contribution in [0.2, 0.25) is 0 Å². The topological polar surface area (TPSA) is 122 Å². The van der Waals surface area contributed by atoms with E-state index in [1.54, 1.807) is 36.4 Å². The highest BCUT2D eigenvalue weighted by molar-refractivity contribution is 7.90. The molecule has 2 atom stereocenters. The smallest absolute Gasteiger partial charge is 0.419 e. The molecule has 0 bridgehead atoms. The minimum absolute atomic E-state index is 0.129. The second-order valence-corrected chi connectivity index (χ2v) is 22.7. The number of ether oxygens (including phenoxy) is 1. The molecule has 0 spiro atoms. The van der Waals surface area contributed by atoms with E-state index in [1.807, 2.05) is 87.8 Å². The number of para-hydroxylation sites is 2. The van der Waals surface area contributed by atoms with Crippen LogP contribution in [0, 0.1) is 0 Å². The molecule has 8 rings (SSSR count). The van der Waals surface area contributed by atoms with E-state index in [1.165, 1.54) is 15.5 Å². The average molecular weight is 973 g/mol. The van der Waals surface area contributed by atoms with Crippen LogP contribution in [0.4, 0.5) is 31.1 Å². The van der Waals surface area contributed by atoms with Crippen LogP contribution in [0.15, 0.2) is 109 Å². The lowest BCUT2D eigenvalue weighted by atomic mass is 9.97. The molecule has 10 nitrogen and oxygen atoms in total. The number of carbonyl (C=O) groups excluding carboxylic acids is 1. The van der Waals surface area contributed by atoms with E-state index < -0.39 is 66.7 Å². The fourth-order valence-corrected chi connectivity index (χ4v) is 11.6. The van der Waals surface area contributed by atoms with Gasteiger partial charge in [0.1, 0.15) is 17.1 Å². The number of halogens is 6. The van der Waals surface area contributed by atoms with E-state index in [0.29, 0.717) is 24.2 Å². The van der Waals surface area contributed by atoms with Gasteiger partial charge in [-0.15, -0.1) is 0 Å². The number of benzene rings is 4. The van der Waals surface area contributed by atoms with Gasteiger partial charge >= 0.3 is 18.4 Å². The molecule has 18 heteroatoms. The predicted octanol–water partition coefficient (Wildman–Crippen LogP) is 10.5. The number of aromatic nitrogens is 2. The summed E-state index contributed by atoms with van der Waals surface area (Å²) in [5.41, 5.74) is 6.16. The number of aromatic amines is 1. The number of H-pyrrole nitrogens is 1. The minimum atomic E-state index is -4.75. The summed E-state index contributed by atoms with van der Waals surface area (Å²) < 4.78 is 130. The van der Waals surface area contributed by atoms with E-state index in [9.17, 15) is 48.0 Å². The van der Waals surface area contributed by atoms with Crippen LogP contribution in [0.3, 0.4) is 0 Å². The van der Waals surface area contributed by atoms with Crippen molar-refractivity contribution >= 4 is 47.6 Å². The molecule has 0 radical (unpaired) electrons. The van der Waals surface area contributed by atoms with Gasteiger partial charge in [-0.1, -0.05) is 84.9 Å². The third-order valence-electron chi connectivity index (χ3n) is 11.8. The molecule has 360 valence electrons. The van der Waals surface area contributed by atoms with E-state index >= 15 is 0 Å². The maximum atomic E-state index is 12.8. The van der Waals surface area contributed by atoms with Gasteiger partial charge in [0.25, 0.3) is 0 Å². The van der Waals surface area contributed by atoms with Crippen molar-refractivity contribution < 1.29 is 52.7 Å². The molecule has 6 aromatic rings. The van der Waals surface area contributed by atoms with Crippen molar-refractivity contribution in [1.29, 1.82) is 0 Å². The van der Waals surface area contributed by atoms with Gasteiger partial charge in [0, 0.05) is 54.9 Å². The zero-order valence-corrected chi connectivity index (χ0v) is 39.0. The first-order valence-corrected chi connectivity index (χ1v) is 25.6. The van der Waals surface area contributed by atoms with Gasteiger partial charge in [-0.3, -0.25) is 14.4 Å². The highest BCUT2D eigenvalue weighted by Gasteiger charge is 2.36. The molecule has 2 unspecified atom stereocenters. The van der Waals surface area contributed by atoms with Gasteiger partial charge in [-0.05, 0) is 104 Å². The van der Waals surface area contributed by atoms with Crippen molar-refractivity contribution in [3.8, 4) is 0 Å². The Kier molecular flexibility index (Phi) is 14.7. The number of fused-ring (bicyclic) bond motifs is 2. The van der Waals surface area contributed by atoms with Gasteiger partial charge in [0.05, 0.1) is 17.0 Å². The summed E-state index contributed by atoms with van der Waals surface area (Å²) in [6.07, 6.45) is -4.29. The van der Waals surface area contributed by atoms with Crippen LogP contribution in [-0.2, 0) is 49.0 Å². The van der Waals surface area contributed by atoms with Gasteiger partial charge in [0.2, 0.25) is 0 Å². The Bertz CT molecular complexity index is 2920.